The van der Waals surface area contributed by atoms with E-state index in [0.29, 0.717) is 13.0 Å². The van der Waals surface area contributed by atoms with E-state index in [1.807, 2.05) is 32.2 Å². The summed E-state index contributed by atoms with van der Waals surface area (Å²) < 4.78 is 2.71. The van der Waals surface area contributed by atoms with Crippen LogP contribution in [0.15, 0.2) is 28.1 Å². The number of aromatic nitrogens is 2. The molecule has 0 bridgehead atoms. The van der Waals surface area contributed by atoms with Gasteiger partial charge in [-0.25, -0.2) is 0 Å². The van der Waals surface area contributed by atoms with E-state index in [0.717, 1.165) is 26.6 Å². The van der Waals surface area contributed by atoms with Crippen LogP contribution in [0.3, 0.4) is 0 Å². The van der Waals surface area contributed by atoms with Crippen LogP contribution in [0.4, 0.5) is 5.82 Å². The number of amides is 2. The Morgan fingerprint density at radius 3 is 2.92 bits per heavy atom. The van der Waals surface area contributed by atoms with E-state index in [1.54, 1.807) is 27.0 Å². The largest absolute Gasteiger partial charge is 0.341 e. The van der Waals surface area contributed by atoms with Gasteiger partial charge in [-0.3, -0.25) is 19.2 Å². The monoisotopic (exact) mass is 422 g/mol. The Bertz CT molecular complexity index is 826. The van der Waals surface area contributed by atoms with Crippen LogP contribution in [0, 0.1) is 6.92 Å². The van der Waals surface area contributed by atoms with E-state index in [-0.39, 0.29) is 11.8 Å². The fourth-order valence-electron chi connectivity index (χ4n) is 2.88. The molecule has 6 nitrogen and oxygen atoms in total. The molecule has 3 rings (SSSR count). The van der Waals surface area contributed by atoms with Crippen molar-refractivity contribution in [1.82, 2.24) is 15.1 Å². The Morgan fingerprint density at radius 1 is 1.48 bits per heavy atom. The number of hydrogen-bond donors (Lipinski definition) is 1. The van der Waals surface area contributed by atoms with Gasteiger partial charge in [-0.2, -0.15) is 5.10 Å². The summed E-state index contributed by atoms with van der Waals surface area (Å²) in [5.41, 5.74) is 0.863. The summed E-state index contributed by atoms with van der Waals surface area (Å²) in [6.07, 6.45) is 4.71. The number of rotatable bonds is 4. The molecule has 8 heteroatoms. The first-order valence-corrected chi connectivity index (χ1v) is 9.61. The molecule has 1 aliphatic heterocycles. The maximum Gasteiger partial charge on any atom is 0.250 e. The van der Waals surface area contributed by atoms with Crippen LogP contribution in [0.25, 0.3) is 6.08 Å². The van der Waals surface area contributed by atoms with Gasteiger partial charge >= 0.3 is 0 Å². The van der Waals surface area contributed by atoms with Crippen molar-refractivity contribution < 1.29 is 9.59 Å². The van der Waals surface area contributed by atoms with Crippen LogP contribution in [0.1, 0.15) is 23.4 Å². The third kappa shape index (κ3) is 4.19. The molecule has 1 unspecified atom stereocenters. The second-order valence-corrected chi connectivity index (χ2v) is 8.43. The summed E-state index contributed by atoms with van der Waals surface area (Å²) in [6.45, 7) is 2.54. The van der Waals surface area contributed by atoms with Crippen LogP contribution in [0.5, 0.6) is 0 Å². The predicted octanol–water partition coefficient (Wildman–Crippen LogP) is 2.88. The lowest BCUT2D eigenvalue weighted by atomic mass is 10.0. The van der Waals surface area contributed by atoms with Gasteiger partial charge in [0, 0.05) is 30.6 Å². The lowest BCUT2D eigenvalue weighted by Gasteiger charge is -2.32. The van der Waals surface area contributed by atoms with Gasteiger partial charge in [0.2, 0.25) is 5.91 Å². The van der Waals surface area contributed by atoms with Crippen LogP contribution in [-0.4, -0.2) is 34.2 Å². The standard InChI is InChI=1S/C17H19BrN4O2S/c1-11-10-16(21(2)20-11)22-9-3-4-13(17(22)24)19-15(23)8-6-12-5-7-14(18)25-12/h5-8,10,13H,3-4,9H2,1-2H3,(H,19,23). The molecule has 0 spiro atoms. The number of piperidine rings is 1. The van der Waals surface area contributed by atoms with E-state index >= 15 is 0 Å². The van der Waals surface area contributed by atoms with E-state index in [1.165, 1.54) is 6.08 Å². The highest BCUT2D eigenvalue weighted by atomic mass is 79.9. The molecule has 1 aliphatic rings. The second-order valence-electron chi connectivity index (χ2n) is 5.94. The fourth-order valence-corrected chi connectivity index (χ4v) is 4.21. The third-order valence-electron chi connectivity index (χ3n) is 4.00. The summed E-state index contributed by atoms with van der Waals surface area (Å²) >= 11 is 4.93. The van der Waals surface area contributed by atoms with Crippen molar-refractivity contribution >= 4 is 51.0 Å². The molecule has 1 saturated heterocycles. The van der Waals surface area contributed by atoms with Crippen molar-refractivity contribution in [1.29, 1.82) is 0 Å². The summed E-state index contributed by atoms with van der Waals surface area (Å²) in [7, 11) is 1.82. The van der Waals surface area contributed by atoms with Gasteiger partial charge in [0.15, 0.2) is 0 Å². The van der Waals surface area contributed by atoms with Crippen molar-refractivity contribution in [3.05, 3.63) is 38.6 Å². The van der Waals surface area contributed by atoms with Crippen molar-refractivity contribution in [2.45, 2.75) is 25.8 Å². The topological polar surface area (TPSA) is 67.2 Å². The maximum atomic E-state index is 12.7. The first kappa shape index (κ1) is 17.9. The molecular formula is C17H19BrN4O2S. The molecule has 0 radical (unpaired) electrons. The van der Waals surface area contributed by atoms with Gasteiger partial charge in [0.25, 0.3) is 5.91 Å². The highest BCUT2D eigenvalue weighted by molar-refractivity contribution is 9.11. The Morgan fingerprint density at radius 2 is 2.28 bits per heavy atom. The zero-order chi connectivity index (χ0) is 18.0. The van der Waals surface area contributed by atoms with Gasteiger partial charge < -0.3 is 5.32 Å². The van der Waals surface area contributed by atoms with Gasteiger partial charge in [0.05, 0.1) is 9.48 Å². The molecule has 0 aliphatic carbocycles. The van der Waals surface area contributed by atoms with Gasteiger partial charge in [0.1, 0.15) is 11.9 Å². The Kier molecular flexibility index (Phi) is 5.39. The first-order chi connectivity index (χ1) is 11.9. The molecule has 1 atom stereocenters. The van der Waals surface area contributed by atoms with Crippen molar-refractivity contribution in [2.24, 2.45) is 7.05 Å². The molecule has 2 amide bonds. The highest BCUT2D eigenvalue weighted by Gasteiger charge is 2.31. The predicted molar refractivity (Wildman–Crippen MR) is 103 cm³/mol. The molecule has 0 aromatic carbocycles. The van der Waals surface area contributed by atoms with Crippen LogP contribution >= 0.6 is 27.3 Å². The molecule has 3 heterocycles. The molecule has 2 aromatic rings. The lowest BCUT2D eigenvalue weighted by molar-refractivity contribution is -0.126. The Labute approximate surface area is 158 Å². The summed E-state index contributed by atoms with van der Waals surface area (Å²) in [5, 5.41) is 7.11. The first-order valence-electron chi connectivity index (χ1n) is 8.00. The molecule has 2 aromatic heterocycles. The average Bonchev–Trinajstić information content (AvgIpc) is 3.12. The minimum absolute atomic E-state index is 0.0881. The van der Waals surface area contributed by atoms with Crippen LogP contribution in [0.2, 0.25) is 0 Å². The van der Waals surface area contributed by atoms with Gasteiger partial charge in [-0.15, -0.1) is 11.3 Å². The average molecular weight is 423 g/mol. The molecule has 132 valence electrons. The number of anilines is 1. The van der Waals surface area contributed by atoms with Gasteiger partial charge in [-0.05, 0) is 53.9 Å². The lowest BCUT2D eigenvalue weighted by Crippen LogP contribution is -2.52. The smallest absolute Gasteiger partial charge is 0.250 e. The minimum Gasteiger partial charge on any atom is -0.341 e. The molecular weight excluding hydrogens is 404 g/mol. The zero-order valence-electron chi connectivity index (χ0n) is 14.0. The fraction of sp³-hybridized carbons (Fsp3) is 0.353. The van der Waals surface area contributed by atoms with Crippen LogP contribution < -0.4 is 10.2 Å². The number of hydrogen-bond acceptors (Lipinski definition) is 4. The third-order valence-corrected chi connectivity index (χ3v) is 5.59. The van der Waals surface area contributed by atoms with Crippen LogP contribution in [-0.2, 0) is 16.6 Å². The van der Waals surface area contributed by atoms with E-state index in [2.05, 4.69) is 26.3 Å². The summed E-state index contributed by atoms with van der Waals surface area (Å²) in [6, 6.07) is 5.24. The summed E-state index contributed by atoms with van der Waals surface area (Å²) in [5.74, 6) is 0.418. The maximum absolute atomic E-state index is 12.7. The van der Waals surface area contributed by atoms with Crippen molar-refractivity contribution in [3.63, 3.8) is 0 Å². The summed E-state index contributed by atoms with van der Waals surface area (Å²) in [4.78, 5) is 27.6. The Hall–Kier alpha value is -1.93. The molecule has 0 saturated carbocycles. The van der Waals surface area contributed by atoms with Crippen molar-refractivity contribution in [3.8, 4) is 0 Å². The number of halogens is 1. The normalized spacial score (nSPS) is 18.1. The SMILES string of the molecule is Cc1cc(N2CCCC(NC(=O)C=Cc3ccc(Br)s3)C2=O)n(C)n1. The number of thiophene rings is 1. The number of nitrogens with zero attached hydrogens (tertiary/aromatic N) is 3. The number of nitrogens with one attached hydrogen (secondary N) is 1. The quantitative estimate of drug-likeness (QED) is 0.770. The highest BCUT2D eigenvalue weighted by Crippen LogP contribution is 2.23. The molecule has 1 N–H and O–H groups in total. The van der Waals surface area contributed by atoms with E-state index < -0.39 is 6.04 Å². The molecule has 25 heavy (non-hydrogen) atoms. The minimum atomic E-state index is -0.504. The van der Waals surface area contributed by atoms with Crippen molar-refractivity contribution in [2.75, 3.05) is 11.4 Å². The van der Waals surface area contributed by atoms with E-state index in [9.17, 15) is 9.59 Å². The zero-order valence-corrected chi connectivity index (χ0v) is 16.4. The number of aryl methyl sites for hydroxylation is 2. The number of carbonyl (C=O) groups excluding carboxylic acids is 2. The van der Waals surface area contributed by atoms with Gasteiger partial charge in [-0.1, -0.05) is 0 Å². The van der Waals surface area contributed by atoms with E-state index in [4.69, 9.17) is 0 Å². The number of carbonyl (C=O) groups is 2. The molecule has 1 fully saturated rings. The second kappa shape index (κ2) is 7.53. The Balaban J connectivity index is 1.66.